The number of pyridine rings is 1. The topological polar surface area (TPSA) is 78.6 Å². The first-order valence-electron chi connectivity index (χ1n) is 9.54. The van der Waals surface area contributed by atoms with E-state index in [9.17, 15) is 0 Å². The SMILES string of the molecule is C=CN.CCN/N=C\C=C\Cc1cc(Cc2ccc(C#N)cc2)n2ccccc12. The molecule has 0 aliphatic heterocycles. The van der Waals surface area contributed by atoms with Crippen LogP contribution in [-0.4, -0.2) is 17.2 Å². The zero-order valence-corrected chi connectivity index (χ0v) is 16.8. The first kappa shape index (κ1) is 21.5. The van der Waals surface area contributed by atoms with Crippen LogP contribution in [0.5, 0.6) is 0 Å². The van der Waals surface area contributed by atoms with Gasteiger partial charge in [0.2, 0.25) is 0 Å². The van der Waals surface area contributed by atoms with Crippen LogP contribution in [0.15, 0.2) is 84.8 Å². The van der Waals surface area contributed by atoms with Gasteiger partial charge in [0.05, 0.1) is 11.6 Å². The summed E-state index contributed by atoms with van der Waals surface area (Å²) < 4.78 is 2.24. The summed E-state index contributed by atoms with van der Waals surface area (Å²) >= 11 is 0. The van der Waals surface area contributed by atoms with E-state index in [4.69, 9.17) is 5.26 Å². The first-order chi connectivity index (χ1) is 14.2. The molecule has 0 aliphatic rings. The number of hydrogen-bond donors (Lipinski definition) is 2. The normalized spacial score (nSPS) is 10.6. The Balaban J connectivity index is 0.000000941. The molecule has 0 aliphatic carbocycles. The minimum Gasteiger partial charge on any atom is -0.405 e. The van der Waals surface area contributed by atoms with E-state index in [1.807, 2.05) is 37.3 Å². The summed E-state index contributed by atoms with van der Waals surface area (Å²) in [6.45, 7) is 5.98. The number of hydrazone groups is 1. The second-order valence-corrected chi connectivity index (χ2v) is 6.26. The van der Waals surface area contributed by atoms with Crippen molar-refractivity contribution in [3.05, 3.63) is 102 Å². The van der Waals surface area contributed by atoms with Crippen LogP contribution in [0, 0.1) is 11.3 Å². The molecule has 2 aromatic heterocycles. The van der Waals surface area contributed by atoms with Crippen LogP contribution in [0.1, 0.15) is 29.3 Å². The molecule has 0 unspecified atom stereocenters. The maximum absolute atomic E-state index is 8.94. The van der Waals surface area contributed by atoms with Crippen LogP contribution in [0.25, 0.3) is 5.52 Å². The van der Waals surface area contributed by atoms with E-state index in [0.717, 1.165) is 19.4 Å². The summed E-state index contributed by atoms with van der Waals surface area (Å²) in [6.07, 6.45) is 10.9. The third-order valence-electron chi connectivity index (χ3n) is 4.19. The molecule has 0 radical (unpaired) electrons. The Kier molecular flexibility index (Phi) is 8.78. The zero-order chi connectivity index (χ0) is 20.9. The van der Waals surface area contributed by atoms with Crippen molar-refractivity contribution in [1.82, 2.24) is 9.83 Å². The molecular weight excluding hydrogens is 358 g/mol. The molecule has 3 rings (SSSR count). The average molecular weight is 386 g/mol. The predicted molar refractivity (Wildman–Crippen MR) is 121 cm³/mol. The Labute approximate surface area is 172 Å². The van der Waals surface area contributed by atoms with E-state index >= 15 is 0 Å². The van der Waals surface area contributed by atoms with Crippen LogP contribution < -0.4 is 11.2 Å². The Morgan fingerprint density at radius 1 is 1.24 bits per heavy atom. The van der Waals surface area contributed by atoms with Gasteiger partial charge in [0.1, 0.15) is 0 Å². The van der Waals surface area contributed by atoms with Crippen molar-refractivity contribution < 1.29 is 0 Å². The highest BCUT2D eigenvalue weighted by molar-refractivity contribution is 5.71. The Morgan fingerprint density at radius 3 is 2.69 bits per heavy atom. The van der Waals surface area contributed by atoms with Gasteiger partial charge in [0.15, 0.2) is 0 Å². The highest BCUT2D eigenvalue weighted by Gasteiger charge is 2.08. The van der Waals surface area contributed by atoms with Crippen molar-refractivity contribution in [3.8, 4) is 6.07 Å². The number of hydrogen-bond acceptors (Lipinski definition) is 4. The second kappa shape index (κ2) is 11.8. The standard InChI is InChI=1S/C22H22N4.C2H5N/c1-2-24-25-13-5-3-7-20-16-21(26-14-6-4-8-22(20)26)15-18-9-11-19(17-23)12-10-18;1-2-3/h3-6,8-14,16,24H,2,7,15H2,1H3;2H,1,3H2/b5-3+,25-13-;. The quantitative estimate of drug-likeness (QED) is 0.473. The maximum Gasteiger partial charge on any atom is 0.0991 e. The lowest BCUT2D eigenvalue weighted by molar-refractivity contribution is 0.788. The van der Waals surface area contributed by atoms with Crippen molar-refractivity contribution in [1.29, 1.82) is 5.26 Å². The van der Waals surface area contributed by atoms with Gasteiger partial charge >= 0.3 is 0 Å². The number of aromatic nitrogens is 1. The molecular formula is C24H27N5. The number of allylic oxidation sites excluding steroid dienone is 2. The van der Waals surface area contributed by atoms with E-state index in [1.54, 1.807) is 6.21 Å². The third kappa shape index (κ3) is 6.40. The molecule has 0 amide bonds. The monoisotopic (exact) mass is 385 g/mol. The van der Waals surface area contributed by atoms with Gasteiger partial charge in [-0.15, -0.1) is 0 Å². The minimum absolute atomic E-state index is 0.693. The molecule has 5 nitrogen and oxygen atoms in total. The van der Waals surface area contributed by atoms with E-state index in [2.05, 4.69) is 69.8 Å². The molecule has 0 atom stereocenters. The summed E-state index contributed by atoms with van der Waals surface area (Å²) in [7, 11) is 0. The van der Waals surface area contributed by atoms with Crippen LogP contribution >= 0.6 is 0 Å². The van der Waals surface area contributed by atoms with Gasteiger partial charge in [-0.2, -0.15) is 10.4 Å². The smallest absolute Gasteiger partial charge is 0.0991 e. The number of benzene rings is 1. The van der Waals surface area contributed by atoms with Gasteiger partial charge in [0.25, 0.3) is 0 Å². The number of nitrogens with zero attached hydrogens (tertiary/aromatic N) is 3. The van der Waals surface area contributed by atoms with E-state index < -0.39 is 0 Å². The molecule has 0 saturated carbocycles. The molecule has 29 heavy (non-hydrogen) atoms. The van der Waals surface area contributed by atoms with Gasteiger partial charge in [-0.1, -0.05) is 30.9 Å². The summed E-state index contributed by atoms with van der Waals surface area (Å²) in [5.41, 5.74) is 13.2. The highest BCUT2D eigenvalue weighted by Crippen LogP contribution is 2.21. The van der Waals surface area contributed by atoms with Crippen LogP contribution in [-0.2, 0) is 12.8 Å². The first-order valence-corrected chi connectivity index (χ1v) is 9.54. The fourth-order valence-corrected chi connectivity index (χ4v) is 2.95. The van der Waals surface area contributed by atoms with E-state index in [0.29, 0.717) is 5.56 Å². The highest BCUT2D eigenvalue weighted by atomic mass is 15.3. The maximum atomic E-state index is 8.94. The largest absolute Gasteiger partial charge is 0.405 e. The summed E-state index contributed by atoms with van der Waals surface area (Å²) in [4.78, 5) is 0. The van der Waals surface area contributed by atoms with Crippen LogP contribution in [0.3, 0.4) is 0 Å². The average Bonchev–Trinajstić information content (AvgIpc) is 3.09. The number of nitrogens with two attached hydrogens (primary N) is 1. The fraction of sp³-hybridized carbons (Fsp3) is 0.167. The predicted octanol–water partition coefficient (Wildman–Crippen LogP) is 4.18. The summed E-state index contributed by atoms with van der Waals surface area (Å²) in [6, 6.07) is 18.5. The molecule has 5 heteroatoms. The molecule has 148 valence electrons. The van der Waals surface area contributed by atoms with Crippen molar-refractivity contribution >= 4 is 11.7 Å². The molecule has 3 N–H and O–H groups in total. The van der Waals surface area contributed by atoms with Crippen molar-refractivity contribution in [2.75, 3.05) is 6.54 Å². The molecule has 0 bridgehead atoms. The number of fused-ring (bicyclic) bond motifs is 1. The van der Waals surface area contributed by atoms with E-state index in [1.165, 1.54) is 28.5 Å². The van der Waals surface area contributed by atoms with Gasteiger partial charge in [-0.05, 0) is 67.1 Å². The van der Waals surface area contributed by atoms with Gasteiger partial charge < -0.3 is 15.6 Å². The van der Waals surface area contributed by atoms with E-state index in [-0.39, 0.29) is 0 Å². The lowest BCUT2D eigenvalue weighted by Gasteiger charge is -2.03. The van der Waals surface area contributed by atoms with Crippen LogP contribution in [0.2, 0.25) is 0 Å². The lowest BCUT2D eigenvalue weighted by Crippen LogP contribution is -2.01. The summed E-state index contributed by atoms with van der Waals surface area (Å²) in [5.74, 6) is 0. The summed E-state index contributed by atoms with van der Waals surface area (Å²) in [5, 5.41) is 13.0. The van der Waals surface area contributed by atoms with Gasteiger partial charge in [-0.25, -0.2) is 0 Å². The number of rotatable bonds is 7. The second-order valence-electron chi connectivity index (χ2n) is 6.26. The molecule has 0 spiro atoms. The Hall–Kier alpha value is -3.78. The Morgan fingerprint density at radius 2 is 2.00 bits per heavy atom. The molecule has 3 aromatic rings. The Bertz CT molecular complexity index is 1000. The molecule has 0 fully saturated rings. The fourth-order valence-electron chi connectivity index (χ4n) is 2.95. The van der Waals surface area contributed by atoms with Crippen molar-refractivity contribution in [3.63, 3.8) is 0 Å². The number of nitriles is 1. The number of nitrogens with one attached hydrogen (secondary N) is 1. The third-order valence-corrected chi connectivity index (χ3v) is 4.19. The lowest BCUT2D eigenvalue weighted by atomic mass is 10.1. The van der Waals surface area contributed by atoms with Gasteiger partial charge in [0, 0.05) is 36.6 Å². The van der Waals surface area contributed by atoms with Crippen molar-refractivity contribution in [2.24, 2.45) is 10.8 Å². The molecule has 2 heterocycles. The van der Waals surface area contributed by atoms with Crippen molar-refractivity contribution in [2.45, 2.75) is 19.8 Å². The molecule has 1 aromatic carbocycles. The van der Waals surface area contributed by atoms with Crippen LogP contribution in [0.4, 0.5) is 0 Å². The molecule has 0 saturated heterocycles. The minimum atomic E-state index is 0.693. The zero-order valence-electron chi connectivity index (χ0n) is 16.8. The van der Waals surface area contributed by atoms with Gasteiger partial charge in [-0.3, -0.25) is 0 Å².